The van der Waals surface area contributed by atoms with E-state index >= 15 is 0 Å². The van der Waals surface area contributed by atoms with Gasteiger partial charge in [0, 0.05) is 16.3 Å². The molecular weight excluding hydrogens is 503 g/mol. The van der Waals surface area contributed by atoms with Crippen LogP contribution in [0.4, 0.5) is 0 Å². The lowest BCUT2D eigenvalue weighted by molar-refractivity contribution is 0.362. The van der Waals surface area contributed by atoms with Gasteiger partial charge in [0.05, 0.1) is 0 Å². The number of benzene rings is 4. The summed E-state index contributed by atoms with van der Waals surface area (Å²) >= 11 is 0. The molecule has 1 aromatic heterocycles. The Labute approximate surface area is 242 Å². The van der Waals surface area contributed by atoms with E-state index in [9.17, 15) is 0 Å². The molecule has 0 N–H and O–H groups in total. The van der Waals surface area contributed by atoms with Gasteiger partial charge in [-0.05, 0) is 80.2 Å². The van der Waals surface area contributed by atoms with Gasteiger partial charge in [-0.1, -0.05) is 97.0 Å². The SMILES string of the molecule is CC(C)(C)c1ccc2c3c(oc2c1)Oc1cc(-c2ccccc2)cc2c1B3c1cc3c(cc1O2)C(C)(C)CC3(C)C. The highest BCUT2D eigenvalue weighted by atomic mass is 16.6. The van der Waals surface area contributed by atoms with Crippen LogP contribution >= 0.6 is 0 Å². The molecule has 1 aliphatic carbocycles. The van der Waals surface area contributed by atoms with Crippen LogP contribution in [0.5, 0.6) is 23.2 Å². The van der Waals surface area contributed by atoms with Gasteiger partial charge in [-0.25, -0.2) is 0 Å². The molecule has 5 aromatic rings. The van der Waals surface area contributed by atoms with Crippen LogP contribution in [0.3, 0.4) is 0 Å². The van der Waals surface area contributed by atoms with E-state index in [4.69, 9.17) is 13.9 Å². The molecule has 0 fully saturated rings. The summed E-state index contributed by atoms with van der Waals surface area (Å²) in [6, 6.07) is 26.2. The number of rotatable bonds is 1. The van der Waals surface area contributed by atoms with Crippen molar-refractivity contribution in [1.82, 2.24) is 0 Å². The average Bonchev–Trinajstić information content (AvgIpc) is 3.37. The zero-order valence-corrected chi connectivity index (χ0v) is 24.9. The number of fused-ring (bicyclic) bond motifs is 7. The third-order valence-corrected chi connectivity index (χ3v) is 9.57. The molecule has 0 saturated heterocycles. The Bertz CT molecular complexity index is 1900. The van der Waals surface area contributed by atoms with Gasteiger partial charge in [0.1, 0.15) is 22.8 Å². The number of ether oxygens (including phenoxy) is 2. The Morgan fingerprint density at radius 2 is 1.37 bits per heavy atom. The first-order valence-electron chi connectivity index (χ1n) is 14.8. The highest BCUT2D eigenvalue weighted by molar-refractivity contribution is 6.99. The lowest BCUT2D eigenvalue weighted by atomic mass is 9.34. The maximum absolute atomic E-state index is 6.83. The molecule has 3 heterocycles. The van der Waals surface area contributed by atoms with Crippen molar-refractivity contribution in [3.8, 4) is 34.3 Å². The van der Waals surface area contributed by atoms with E-state index in [1.807, 2.05) is 6.07 Å². The van der Waals surface area contributed by atoms with Crippen molar-refractivity contribution in [1.29, 1.82) is 0 Å². The number of furan rings is 1. The van der Waals surface area contributed by atoms with Gasteiger partial charge in [0.15, 0.2) is 0 Å². The maximum Gasteiger partial charge on any atom is 0.285 e. The summed E-state index contributed by atoms with van der Waals surface area (Å²) in [7, 11) is 0. The van der Waals surface area contributed by atoms with Crippen LogP contribution in [-0.4, -0.2) is 6.71 Å². The summed E-state index contributed by atoms with van der Waals surface area (Å²) in [4.78, 5) is 0. The van der Waals surface area contributed by atoms with E-state index in [0.29, 0.717) is 5.95 Å². The van der Waals surface area contributed by atoms with Gasteiger partial charge < -0.3 is 13.9 Å². The monoisotopic (exact) mass is 538 g/mol. The lowest BCUT2D eigenvalue weighted by Crippen LogP contribution is -2.57. The first-order valence-corrected chi connectivity index (χ1v) is 14.8. The lowest BCUT2D eigenvalue weighted by Gasteiger charge is -2.33. The van der Waals surface area contributed by atoms with Crippen LogP contribution in [0.1, 0.15) is 71.6 Å². The van der Waals surface area contributed by atoms with Crippen LogP contribution in [-0.2, 0) is 16.2 Å². The molecule has 0 bridgehead atoms. The van der Waals surface area contributed by atoms with Crippen LogP contribution in [0, 0.1) is 0 Å². The van der Waals surface area contributed by atoms with E-state index in [0.717, 1.165) is 56.7 Å². The smallest absolute Gasteiger partial charge is 0.285 e. The van der Waals surface area contributed by atoms with E-state index in [2.05, 4.69) is 115 Å². The molecule has 4 heteroatoms. The second-order valence-electron chi connectivity index (χ2n) is 14.5. The molecule has 0 unspecified atom stereocenters. The first-order chi connectivity index (χ1) is 19.4. The van der Waals surface area contributed by atoms with Gasteiger partial charge >= 0.3 is 0 Å². The van der Waals surface area contributed by atoms with Crippen molar-refractivity contribution < 1.29 is 13.9 Å². The molecule has 4 aromatic carbocycles. The second-order valence-corrected chi connectivity index (χ2v) is 14.5. The summed E-state index contributed by atoms with van der Waals surface area (Å²) in [6.45, 7) is 16.1. The Kier molecular flexibility index (Phi) is 4.77. The highest BCUT2D eigenvalue weighted by Gasteiger charge is 2.48. The van der Waals surface area contributed by atoms with Crippen LogP contribution in [0.15, 0.2) is 77.2 Å². The molecular formula is C37H35BO3. The quantitative estimate of drug-likeness (QED) is 0.198. The fourth-order valence-corrected chi connectivity index (χ4v) is 7.76. The van der Waals surface area contributed by atoms with Crippen LogP contribution in [0.2, 0.25) is 0 Å². The Morgan fingerprint density at radius 3 is 2.07 bits per heavy atom. The van der Waals surface area contributed by atoms with Gasteiger partial charge in [-0.15, -0.1) is 0 Å². The molecule has 0 amide bonds. The van der Waals surface area contributed by atoms with Gasteiger partial charge in [-0.2, -0.15) is 0 Å². The molecule has 41 heavy (non-hydrogen) atoms. The van der Waals surface area contributed by atoms with E-state index < -0.39 is 0 Å². The molecule has 8 rings (SSSR count). The third kappa shape index (κ3) is 3.52. The largest absolute Gasteiger partial charge is 0.458 e. The Balaban J connectivity index is 1.42. The summed E-state index contributed by atoms with van der Waals surface area (Å²) in [6.07, 6.45) is 1.11. The van der Waals surface area contributed by atoms with Crippen LogP contribution in [0.25, 0.3) is 22.1 Å². The van der Waals surface area contributed by atoms with Crippen molar-refractivity contribution in [2.45, 2.75) is 71.1 Å². The standard InChI is InChI=1S/C37H35BO3/c1-35(2,3)23-13-14-24-28(17-23)40-34-32(24)38-27-18-25-26(37(6,7)20-36(25,4)5)19-29(27)39-30-15-22(16-31(41-34)33(30)38)21-11-9-8-10-12-21/h8-19H,20H2,1-7H3. The molecule has 0 saturated carbocycles. The highest BCUT2D eigenvalue weighted by Crippen LogP contribution is 2.51. The fourth-order valence-electron chi connectivity index (χ4n) is 7.76. The van der Waals surface area contributed by atoms with E-state index in [1.54, 1.807) is 0 Å². The van der Waals surface area contributed by atoms with Crippen molar-refractivity contribution in [2.75, 3.05) is 0 Å². The third-order valence-electron chi connectivity index (χ3n) is 9.57. The minimum absolute atomic E-state index is 0.0211. The summed E-state index contributed by atoms with van der Waals surface area (Å²) in [5.41, 5.74) is 10.7. The van der Waals surface area contributed by atoms with Gasteiger partial charge in [0.25, 0.3) is 12.7 Å². The molecule has 3 aliphatic rings. The summed E-state index contributed by atoms with van der Waals surface area (Å²) in [5.74, 6) is 3.20. The Morgan fingerprint density at radius 1 is 0.683 bits per heavy atom. The normalized spacial score (nSPS) is 17.3. The van der Waals surface area contributed by atoms with Crippen LogP contribution < -0.4 is 25.9 Å². The van der Waals surface area contributed by atoms with Crippen molar-refractivity contribution in [3.63, 3.8) is 0 Å². The minimum Gasteiger partial charge on any atom is -0.458 e. The molecule has 2 aliphatic heterocycles. The first kappa shape index (κ1) is 24.8. The van der Waals surface area contributed by atoms with Crippen molar-refractivity contribution in [3.05, 3.63) is 89.5 Å². The minimum atomic E-state index is -0.0381. The topological polar surface area (TPSA) is 31.6 Å². The van der Waals surface area contributed by atoms with Gasteiger partial charge in [0.2, 0.25) is 0 Å². The molecule has 204 valence electrons. The predicted molar refractivity (Wildman–Crippen MR) is 169 cm³/mol. The average molecular weight is 538 g/mol. The molecule has 3 nitrogen and oxygen atoms in total. The maximum atomic E-state index is 6.83. The van der Waals surface area contributed by atoms with E-state index in [1.165, 1.54) is 22.2 Å². The molecule has 0 spiro atoms. The zero-order valence-electron chi connectivity index (χ0n) is 24.9. The number of hydrogen-bond donors (Lipinski definition) is 0. The zero-order chi connectivity index (χ0) is 28.5. The predicted octanol–water partition coefficient (Wildman–Crippen LogP) is 8.08. The van der Waals surface area contributed by atoms with Crippen molar-refractivity contribution in [2.24, 2.45) is 0 Å². The fraction of sp³-hybridized carbons (Fsp3) is 0.297. The Hall–Kier alpha value is -3.92. The molecule has 0 radical (unpaired) electrons. The van der Waals surface area contributed by atoms with E-state index in [-0.39, 0.29) is 23.0 Å². The summed E-state index contributed by atoms with van der Waals surface area (Å²) in [5, 5.41) is 1.11. The number of hydrogen-bond acceptors (Lipinski definition) is 3. The van der Waals surface area contributed by atoms with Crippen molar-refractivity contribution >= 4 is 34.1 Å². The van der Waals surface area contributed by atoms with Gasteiger partial charge in [-0.3, -0.25) is 0 Å². The second kappa shape index (κ2) is 7.88. The summed E-state index contributed by atoms with van der Waals surface area (Å²) < 4.78 is 20.0. The molecule has 0 atom stereocenters.